The minimum atomic E-state index is -4.77. The molecule has 1 fully saturated rings. The third-order valence-corrected chi connectivity index (χ3v) is 7.65. The number of rotatable bonds is 12. The second-order valence-corrected chi connectivity index (χ2v) is 11.5. The highest BCUT2D eigenvalue weighted by molar-refractivity contribution is 14.1. The van der Waals surface area contributed by atoms with Gasteiger partial charge in [-0.25, -0.2) is 0 Å². The van der Waals surface area contributed by atoms with E-state index < -0.39 is 70.0 Å². The summed E-state index contributed by atoms with van der Waals surface area (Å²) in [5, 5.41) is 11.1. The second kappa shape index (κ2) is 14.1. The average molecular weight is 700 g/mol. The lowest BCUT2D eigenvalue weighted by Gasteiger charge is -2.43. The van der Waals surface area contributed by atoms with Gasteiger partial charge in [-0.15, -0.1) is 6.58 Å². The summed E-state index contributed by atoms with van der Waals surface area (Å²) < 4.78 is 93.6. The van der Waals surface area contributed by atoms with Crippen LogP contribution in [-0.2, 0) is 39.5 Å². The number of hydrogen-bond acceptors (Lipinski definition) is 9. The normalized spacial score (nSPS) is 23.4. The van der Waals surface area contributed by atoms with E-state index >= 15 is 0 Å². The number of aliphatic hydroxyl groups is 1. The van der Waals surface area contributed by atoms with Crippen molar-refractivity contribution in [1.82, 2.24) is 0 Å². The predicted octanol–water partition coefficient (Wildman–Crippen LogP) is 4.46. The number of ether oxygens (including phenoxy) is 4. The highest BCUT2D eigenvalue weighted by Crippen LogP contribution is 2.32. The first-order valence-electron chi connectivity index (χ1n) is 12.1. The van der Waals surface area contributed by atoms with Crippen LogP contribution in [-0.4, -0.2) is 63.4 Å². The zero-order valence-corrected chi connectivity index (χ0v) is 24.2. The van der Waals surface area contributed by atoms with Gasteiger partial charge in [0, 0.05) is 9.99 Å². The molecule has 0 aromatic heterocycles. The van der Waals surface area contributed by atoms with Gasteiger partial charge in [0.1, 0.15) is 24.1 Å². The molecule has 1 heterocycles. The monoisotopic (exact) mass is 700 g/mol. The fourth-order valence-electron chi connectivity index (χ4n) is 3.73. The van der Waals surface area contributed by atoms with E-state index in [1.165, 1.54) is 6.08 Å². The summed E-state index contributed by atoms with van der Waals surface area (Å²) >= 11 is 2.10. The van der Waals surface area contributed by atoms with Crippen LogP contribution >= 0.6 is 22.6 Å². The summed E-state index contributed by atoms with van der Waals surface area (Å²) in [6.07, 6.45) is -9.73. The first-order valence-corrected chi connectivity index (χ1v) is 14.6. The van der Waals surface area contributed by atoms with E-state index in [0.717, 1.165) is 21.8 Å². The van der Waals surface area contributed by atoms with Crippen LogP contribution in [0, 0.1) is 3.57 Å². The number of halogens is 4. The van der Waals surface area contributed by atoms with Crippen molar-refractivity contribution in [2.24, 2.45) is 0 Å². The third kappa shape index (κ3) is 8.63. The molecule has 0 bridgehead atoms. The first-order chi connectivity index (χ1) is 18.9. The van der Waals surface area contributed by atoms with E-state index in [1.54, 1.807) is 31.2 Å². The summed E-state index contributed by atoms with van der Waals surface area (Å²) in [6, 6.07) is 9.80. The van der Waals surface area contributed by atoms with Crippen LogP contribution in [0.2, 0.25) is 0 Å². The number of hydrogen-bond donors (Lipinski definition) is 1. The Balaban J connectivity index is 1.88. The second-order valence-electron chi connectivity index (χ2n) is 8.66. The van der Waals surface area contributed by atoms with Crippen molar-refractivity contribution < 1.29 is 54.6 Å². The molecule has 3 rings (SSSR count). The lowest BCUT2D eigenvalue weighted by atomic mass is 9.98. The van der Waals surface area contributed by atoms with Gasteiger partial charge in [-0.1, -0.05) is 19.1 Å². The molecule has 2 aromatic rings. The number of benzene rings is 2. The summed E-state index contributed by atoms with van der Waals surface area (Å²) in [5.41, 5.74) is -1.17. The minimum Gasteiger partial charge on any atom is -0.461 e. The molecule has 40 heavy (non-hydrogen) atoms. The Hall–Kier alpha value is -2.24. The van der Waals surface area contributed by atoms with E-state index in [0.29, 0.717) is 18.2 Å². The van der Waals surface area contributed by atoms with E-state index in [9.17, 15) is 31.5 Å². The van der Waals surface area contributed by atoms with E-state index in [-0.39, 0.29) is 13.0 Å². The van der Waals surface area contributed by atoms with Gasteiger partial charge in [-0.2, -0.15) is 21.6 Å². The molecule has 9 nitrogen and oxygen atoms in total. The van der Waals surface area contributed by atoms with Crippen LogP contribution in [0.4, 0.5) is 13.2 Å². The van der Waals surface area contributed by atoms with Gasteiger partial charge in [-0.05, 0) is 71.5 Å². The number of alkyl halides is 3. The number of aliphatic hydroxyl groups excluding tert-OH is 1. The van der Waals surface area contributed by atoms with Crippen molar-refractivity contribution in [3.8, 4) is 5.75 Å². The number of carbonyl (C=O) groups excluding carboxylic acids is 1. The van der Waals surface area contributed by atoms with Crippen LogP contribution in [0.15, 0.2) is 66.1 Å². The molecule has 5 atom stereocenters. The largest absolute Gasteiger partial charge is 0.461 e. The molecule has 2 aromatic carbocycles. The molecule has 0 aliphatic carbocycles. The molecule has 1 N–H and O–H groups in total. The minimum absolute atomic E-state index is 0.0683. The number of carbonyl (C=O) groups is 1. The average Bonchev–Trinajstić information content (AvgIpc) is 2.90. The molecule has 0 unspecified atom stereocenters. The molecule has 1 aliphatic heterocycles. The van der Waals surface area contributed by atoms with Crippen LogP contribution in [0.1, 0.15) is 25.3 Å². The van der Waals surface area contributed by atoms with Crippen molar-refractivity contribution in [1.29, 1.82) is 0 Å². The zero-order chi connectivity index (χ0) is 29.5. The van der Waals surface area contributed by atoms with E-state index in [1.807, 2.05) is 0 Å². The van der Waals surface area contributed by atoms with Gasteiger partial charge in [0.15, 0.2) is 6.10 Å². The molecule has 0 saturated carbocycles. The molecule has 1 saturated heterocycles. The van der Waals surface area contributed by atoms with Crippen LogP contribution in [0.5, 0.6) is 5.75 Å². The van der Waals surface area contributed by atoms with Gasteiger partial charge in [-0.3, -0.25) is 8.98 Å². The molecular formula is C26H28F3IO9S. The van der Waals surface area contributed by atoms with Gasteiger partial charge in [0.05, 0.1) is 23.7 Å². The van der Waals surface area contributed by atoms with Crippen molar-refractivity contribution in [2.75, 3.05) is 13.2 Å². The van der Waals surface area contributed by atoms with Gasteiger partial charge >= 0.3 is 12.1 Å². The Bertz CT molecular complexity index is 1250. The highest BCUT2D eigenvalue weighted by Gasteiger charge is 2.50. The van der Waals surface area contributed by atoms with Crippen molar-refractivity contribution >= 4 is 38.7 Å². The van der Waals surface area contributed by atoms with Crippen LogP contribution < -0.4 is 4.74 Å². The Kier molecular flexibility index (Phi) is 11.4. The number of esters is 1. The summed E-state index contributed by atoms with van der Waals surface area (Å²) in [5.74, 6) is -0.286. The standard InChI is InChI=1S/C26H28F3IO9S/c1-3-6-21(31)39-24-23(35-13-4-2)22(32)20(38-25(24)37-18-11-9-17(30)10-12-18)15-36-40(33,34)19-8-5-7-16(14-19)26(27,28)29/h4-5,7-12,14,20,22-25,32H,2-3,6,13,15H2,1H3/t20-,22+,23-,24+,25-/m0/s1. The van der Waals surface area contributed by atoms with E-state index in [4.69, 9.17) is 23.1 Å². The van der Waals surface area contributed by atoms with Crippen LogP contribution in [0.3, 0.4) is 0 Å². The topological polar surface area (TPSA) is 118 Å². The Morgan fingerprint density at radius 2 is 1.88 bits per heavy atom. The Morgan fingerprint density at radius 1 is 1.18 bits per heavy atom. The fourth-order valence-corrected chi connectivity index (χ4v) is 5.06. The van der Waals surface area contributed by atoms with Crippen molar-refractivity contribution in [2.45, 2.75) is 61.5 Å². The van der Waals surface area contributed by atoms with E-state index in [2.05, 4.69) is 29.2 Å². The molecule has 220 valence electrons. The van der Waals surface area contributed by atoms with Gasteiger partial charge in [0.25, 0.3) is 10.1 Å². The van der Waals surface area contributed by atoms with Crippen molar-refractivity contribution in [3.63, 3.8) is 0 Å². The quantitative estimate of drug-likeness (QED) is 0.148. The molecule has 0 amide bonds. The van der Waals surface area contributed by atoms with Gasteiger partial charge < -0.3 is 24.1 Å². The molecular weight excluding hydrogens is 672 g/mol. The summed E-state index contributed by atoms with van der Waals surface area (Å²) in [7, 11) is -4.70. The van der Waals surface area contributed by atoms with Crippen molar-refractivity contribution in [3.05, 3.63) is 70.3 Å². The Labute approximate surface area is 243 Å². The van der Waals surface area contributed by atoms with Gasteiger partial charge in [0.2, 0.25) is 6.29 Å². The first kappa shape index (κ1) is 32.3. The molecule has 0 spiro atoms. The summed E-state index contributed by atoms with van der Waals surface area (Å²) in [4.78, 5) is 11.7. The molecule has 1 aliphatic rings. The lowest BCUT2D eigenvalue weighted by Crippen LogP contribution is -2.62. The lowest BCUT2D eigenvalue weighted by molar-refractivity contribution is -0.287. The maximum absolute atomic E-state index is 13.1. The fraction of sp³-hybridized carbons (Fsp3) is 0.423. The zero-order valence-electron chi connectivity index (χ0n) is 21.3. The Morgan fingerprint density at radius 3 is 2.50 bits per heavy atom. The summed E-state index contributed by atoms with van der Waals surface area (Å²) in [6.45, 7) is 4.46. The SMILES string of the molecule is C=CCO[C@H]1[C@H](O)[C@H](COS(=O)(=O)c2cccc(C(F)(F)F)c2)O[C@H](Oc2ccc(I)cc2)[C@@H]1OC(=O)CCC. The molecule has 0 radical (unpaired) electrons. The maximum Gasteiger partial charge on any atom is 0.416 e. The maximum atomic E-state index is 13.1. The molecule has 14 heteroatoms. The predicted molar refractivity (Wildman–Crippen MR) is 144 cm³/mol. The smallest absolute Gasteiger partial charge is 0.416 e. The van der Waals surface area contributed by atoms with Crippen LogP contribution in [0.25, 0.3) is 0 Å². The third-order valence-electron chi connectivity index (χ3n) is 5.65. The highest BCUT2D eigenvalue weighted by atomic mass is 127.